The zero-order valence-corrected chi connectivity index (χ0v) is 36.3. The predicted molar refractivity (Wildman–Crippen MR) is 275 cm³/mol. The minimum atomic E-state index is 0.409. The van der Waals surface area contributed by atoms with Crippen molar-refractivity contribution in [1.29, 1.82) is 5.26 Å². The van der Waals surface area contributed by atoms with Gasteiger partial charge >= 0.3 is 0 Å². The van der Waals surface area contributed by atoms with Gasteiger partial charge in [-0.3, -0.25) is 0 Å². The van der Waals surface area contributed by atoms with E-state index in [1.54, 1.807) is 0 Å². The summed E-state index contributed by atoms with van der Waals surface area (Å²) >= 11 is 0. The first-order valence-electron chi connectivity index (χ1n) is 22.2. The quantitative estimate of drug-likeness (QED) is 0.150. The normalized spacial score (nSPS) is 11.2. The Hall–Kier alpha value is -9.87. The van der Waals surface area contributed by atoms with Gasteiger partial charge in [-0.05, 0) is 95.1 Å². The summed E-state index contributed by atoms with van der Waals surface area (Å²) in [5, 5.41) is 14.0. The van der Waals surface area contributed by atoms with Crippen molar-refractivity contribution >= 4 is 55.0 Å². The molecule has 0 spiro atoms. The van der Waals surface area contributed by atoms with Gasteiger partial charge in [0.2, 0.25) is 0 Å². The Kier molecular flexibility index (Phi) is 9.51. The summed E-state index contributed by atoms with van der Waals surface area (Å²) in [5.74, 6) is 0.443. The number of benzene rings is 9. The van der Waals surface area contributed by atoms with E-state index in [0.29, 0.717) is 28.3 Å². The highest BCUT2D eigenvalue weighted by Crippen LogP contribution is 2.44. The molecule has 0 aliphatic carbocycles. The van der Waals surface area contributed by atoms with Crippen LogP contribution >= 0.6 is 0 Å². The number of rotatable bonds is 7. The fourth-order valence-corrected chi connectivity index (χ4v) is 9.62. The molecule has 12 aromatic rings. The molecular formula is C61H35N7. The number of nitrogens with zero attached hydrogens (tertiary/aromatic N) is 7. The third-order valence-corrected chi connectivity index (χ3v) is 12.8. The number of hydrogen-bond donors (Lipinski definition) is 0. The highest BCUT2D eigenvalue weighted by atomic mass is 15.1. The largest absolute Gasteiger partial charge is 0.308 e. The molecule has 314 valence electrons. The molecule has 0 radical (unpaired) electrons. The summed E-state index contributed by atoms with van der Waals surface area (Å²) in [4.78, 5) is 18.5. The molecule has 9 aromatic carbocycles. The van der Waals surface area contributed by atoms with Gasteiger partial charge in [0.05, 0.1) is 69.6 Å². The fourth-order valence-electron chi connectivity index (χ4n) is 9.62. The maximum absolute atomic E-state index is 9.75. The molecule has 0 fully saturated rings. The lowest BCUT2D eigenvalue weighted by Gasteiger charge is -2.20. The highest BCUT2D eigenvalue weighted by molar-refractivity contribution is 6.13. The van der Waals surface area contributed by atoms with E-state index in [2.05, 4.69) is 116 Å². The highest BCUT2D eigenvalue weighted by Gasteiger charge is 2.24. The molecule has 3 heterocycles. The summed E-state index contributed by atoms with van der Waals surface area (Å²) < 4.78 is 4.58. The van der Waals surface area contributed by atoms with Crippen molar-refractivity contribution in [1.82, 2.24) is 19.1 Å². The molecule has 68 heavy (non-hydrogen) atoms. The first-order chi connectivity index (χ1) is 33.6. The molecule has 7 heteroatoms. The Morgan fingerprint density at radius 2 is 0.882 bits per heavy atom. The van der Waals surface area contributed by atoms with Gasteiger partial charge in [-0.1, -0.05) is 140 Å². The molecule has 3 aromatic heterocycles. The van der Waals surface area contributed by atoms with Crippen LogP contribution in [0.1, 0.15) is 5.56 Å². The van der Waals surface area contributed by atoms with E-state index < -0.39 is 0 Å². The van der Waals surface area contributed by atoms with E-state index in [0.717, 1.165) is 99.8 Å². The zero-order chi connectivity index (χ0) is 45.7. The smallest absolute Gasteiger partial charge is 0.200 e. The minimum absolute atomic E-state index is 0.409. The minimum Gasteiger partial charge on any atom is -0.308 e. The summed E-state index contributed by atoms with van der Waals surface area (Å²) in [6.45, 7) is 16.5. The van der Waals surface area contributed by atoms with Crippen LogP contribution in [0.2, 0.25) is 0 Å². The van der Waals surface area contributed by atoms with Gasteiger partial charge in [0.1, 0.15) is 5.82 Å². The van der Waals surface area contributed by atoms with Crippen LogP contribution in [0.15, 0.2) is 212 Å². The van der Waals surface area contributed by atoms with Crippen LogP contribution in [0.3, 0.4) is 0 Å². The van der Waals surface area contributed by atoms with Crippen LogP contribution in [0.4, 0.5) is 11.4 Å². The number of fused-ring (bicyclic) bond motifs is 6. The molecule has 0 atom stereocenters. The van der Waals surface area contributed by atoms with E-state index in [4.69, 9.17) is 23.1 Å². The maximum Gasteiger partial charge on any atom is 0.200 e. The van der Waals surface area contributed by atoms with Crippen molar-refractivity contribution in [2.24, 2.45) is 0 Å². The molecule has 0 aliphatic heterocycles. The van der Waals surface area contributed by atoms with E-state index in [1.807, 2.05) is 121 Å². The van der Waals surface area contributed by atoms with Gasteiger partial charge < -0.3 is 9.13 Å². The standard InChI is InChI=1S/C61H35N7/c1-63-46-22-14-21-43(32-46)45-28-30-57-50(34-45)47-23-9-11-25-55(47)67(57)59-35-51(61-65-52(40-16-5-3-6-17-40)36-53(66-61)41-18-7-4-8-19-41)54(64-2)37-60(59)68-56-26-12-10-24-48(56)49-33-44(27-29-58(49)68)42-20-13-15-39(31-42)38-62/h3-37H. The second-order valence-electron chi connectivity index (χ2n) is 16.7. The second kappa shape index (κ2) is 16.3. The third kappa shape index (κ3) is 6.65. The Balaban J connectivity index is 1.18. The van der Waals surface area contributed by atoms with Crippen molar-refractivity contribution in [2.45, 2.75) is 0 Å². The lowest BCUT2D eigenvalue weighted by Crippen LogP contribution is -2.05. The van der Waals surface area contributed by atoms with Crippen LogP contribution in [0, 0.1) is 24.5 Å². The summed E-state index contributed by atoms with van der Waals surface area (Å²) in [6.07, 6.45) is 0. The topological polar surface area (TPSA) is 68.2 Å². The van der Waals surface area contributed by atoms with Crippen molar-refractivity contribution in [3.8, 4) is 73.6 Å². The van der Waals surface area contributed by atoms with Gasteiger partial charge in [-0.25, -0.2) is 19.7 Å². The maximum atomic E-state index is 9.75. The average Bonchev–Trinajstić information content (AvgIpc) is 3.93. The van der Waals surface area contributed by atoms with Crippen LogP contribution in [0.5, 0.6) is 0 Å². The van der Waals surface area contributed by atoms with E-state index in [9.17, 15) is 5.26 Å². The molecule has 0 aliphatic rings. The molecule has 0 N–H and O–H groups in total. The summed E-state index contributed by atoms with van der Waals surface area (Å²) in [7, 11) is 0. The molecule has 0 amide bonds. The Morgan fingerprint density at radius 1 is 0.397 bits per heavy atom. The van der Waals surface area contributed by atoms with Crippen molar-refractivity contribution in [2.75, 3.05) is 0 Å². The Bertz CT molecular complexity index is 4060. The van der Waals surface area contributed by atoms with Gasteiger partial charge in [-0.15, -0.1) is 0 Å². The number of hydrogen-bond acceptors (Lipinski definition) is 3. The van der Waals surface area contributed by atoms with Crippen molar-refractivity contribution in [3.05, 3.63) is 241 Å². The summed E-state index contributed by atoms with van der Waals surface area (Å²) in [6, 6.07) is 73.8. The zero-order valence-electron chi connectivity index (χ0n) is 36.3. The lowest BCUT2D eigenvalue weighted by molar-refractivity contribution is 1.09. The third-order valence-electron chi connectivity index (χ3n) is 12.8. The molecule has 0 unspecified atom stereocenters. The molecule has 0 saturated heterocycles. The van der Waals surface area contributed by atoms with Gasteiger partial charge in [0, 0.05) is 38.2 Å². The second-order valence-corrected chi connectivity index (χ2v) is 16.7. The van der Waals surface area contributed by atoms with Crippen molar-refractivity contribution in [3.63, 3.8) is 0 Å². The monoisotopic (exact) mass is 865 g/mol. The van der Waals surface area contributed by atoms with Crippen LogP contribution in [-0.2, 0) is 0 Å². The molecular weight excluding hydrogens is 831 g/mol. The van der Waals surface area contributed by atoms with Crippen molar-refractivity contribution < 1.29 is 0 Å². The number of para-hydroxylation sites is 2. The lowest BCUT2D eigenvalue weighted by atomic mass is 10.0. The molecule has 12 rings (SSSR count). The van der Waals surface area contributed by atoms with Gasteiger partial charge in [0.25, 0.3) is 0 Å². The summed E-state index contributed by atoms with van der Waals surface area (Å²) in [5.41, 5.74) is 15.1. The van der Waals surface area contributed by atoms with Crippen LogP contribution in [-0.4, -0.2) is 19.1 Å². The molecule has 0 saturated carbocycles. The molecule has 0 bridgehead atoms. The van der Waals surface area contributed by atoms with E-state index in [1.165, 1.54) is 0 Å². The first-order valence-corrected chi connectivity index (χ1v) is 22.2. The number of aromatic nitrogens is 4. The molecule has 7 nitrogen and oxygen atoms in total. The Morgan fingerprint density at radius 3 is 1.44 bits per heavy atom. The first kappa shape index (κ1) is 39.7. The van der Waals surface area contributed by atoms with Gasteiger partial charge in [0.15, 0.2) is 11.4 Å². The van der Waals surface area contributed by atoms with Crippen LogP contribution < -0.4 is 0 Å². The predicted octanol–water partition coefficient (Wildman–Crippen LogP) is 16.0. The fraction of sp³-hybridized carbons (Fsp3) is 0. The number of nitriles is 1. The Labute approximate surface area is 392 Å². The van der Waals surface area contributed by atoms with E-state index in [-0.39, 0.29) is 0 Å². The average molecular weight is 866 g/mol. The van der Waals surface area contributed by atoms with Crippen LogP contribution in [0.25, 0.3) is 121 Å². The SMILES string of the molecule is [C-]#[N+]c1cccc(-c2ccc3c(c2)c2ccccc2n3-c2cc(-c3nc(-c4ccccc4)cc(-c4ccccc4)n3)c([N+]#[C-])cc2-n2c3ccccc3c3cc(-c4cccc(C#N)c4)ccc32)c1. The van der Waals surface area contributed by atoms with Gasteiger partial charge in [-0.2, -0.15) is 5.26 Å². The van der Waals surface area contributed by atoms with E-state index >= 15 is 0 Å².